The summed E-state index contributed by atoms with van der Waals surface area (Å²) in [6.45, 7) is 0. The van der Waals surface area contributed by atoms with Crippen LogP contribution >= 0.6 is 12.0 Å². The fraction of sp³-hybridized carbons (Fsp3) is 1.00. The van der Waals surface area contributed by atoms with E-state index >= 15 is 0 Å². The molecule has 0 atom stereocenters. The lowest BCUT2D eigenvalue weighted by Gasteiger charge is -2.17. The third-order valence-electron chi connectivity index (χ3n) is 1.73. The molecule has 1 aliphatic rings. The van der Waals surface area contributed by atoms with E-state index in [1.54, 1.807) is 0 Å². The summed E-state index contributed by atoms with van der Waals surface area (Å²) in [6, 6.07) is 0. The van der Waals surface area contributed by atoms with Crippen molar-refractivity contribution in [1.82, 2.24) is 0 Å². The molecule has 0 radical (unpaired) electrons. The molecule has 1 N–H and O–H groups in total. The molecule has 1 fully saturated rings. The minimum absolute atomic E-state index is 0.545. The molecule has 0 aromatic rings. The van der Waals surface area contributed by atoms with Gasteiger partial charge in [-0.15, -0.1) is 0 Å². The quantitative estimate of drug-likeness (QED) is 0.370. The minimum atomic E-state index is 0.545. The molecule has 54 valence electrons. The van der Waals surface area contributed by atoms with Crippen LogP contribution in [-0.4, -0.2) is 10.5 Å². The molecule has 0 unspecified atom stereocenters. The Morgan fingerprint density at radius 3 is 2.44 bits per heavy atom. The van der Waals surface area contributed by atoms with E-state index in [9.17, 15) is 0 Å². The molecular weight excluding hydrogens is 136 g/mol. The summed E-state index contributed by atoms with van der Waals surface area (Å²) in [5.74, 6) is 0. The molecule has 0 aromatic heterocycles. The maximum Gasteiger partial charge on any atom is 0.0345 e. The van der Waals surface area contributed by atoms with Crippen molar-refractivity contribution in [3.8, 4) is 0 Å². The van der Waals surface area contributed by atoms with Crippen LogP contribution in [0.1, 0.15) is 32.1 Å². The van der Waals surface area contributed by atoms with Crippen LogP contribution in [0.2, 0.25) is 0 Å². The first-order chi connectivity index (χ1) is 4.43. The SMILES string of the molecule is OOSC1CCCCC1. The van der Waals surface area contributed by atoms with Crippen LogP contribution in [0.15, 0.2) is 0 Å². The van der Waals surface area contributed by atoms with Gasteiger partial charge in [0.1, 0.15) is 0 Å². The van der Waals surface area contributed by atoms with Crippen molar-refractivity contribution in [3.05, 3.63) is 0 Å². The Labute approximate surface area is 59.7 Å². The lowest BCUT2D eigenvalue weighted by atomic mass is 10.0. The molecule has 0 heterocycles. The van der Waals surface area contributed by atoms with Gasteiger partial charge >= 0.3 is 0 Å². The monoisotopic (exact) mass is 148 g/mol. The van der Waals surface area contributed by atoms with E-state index in [0.29, 0.717) is 5.25 Å². The third kappa shape index (κ3) is 2.56. The van der Waals surface area contributed by atoms with E-state index in [1.165, 1.54) is 44.1 Å². The number of hydrogen-bond donors (Lipinski definition) is 1. The van der Waals surface area contributed by atoms with Crippen LogP contribution in [0, 0.1) is 0 Å². The molecule has 2 nitrogen and oxygen atoms in total. The topological polar surface area (TPSA) is 29.5 Å². The van der Waals surface area contributed by atoms with Crippen LogP contribution < -0.4 is 0 Å². The third-order valence-corrected chi connectivity index (χ3v) is 2.56. The highest BCUT2D eigenvalue weighted by Gasteiger charge is 2.13. The molecule has 1 saturated carbocycles. The average molecular weight is 148 g/mol. The highest BCUT2D eigenvalue weighted by atomic mass is 32.2. The van der Waals surface area contributed by atoms with E-state index in [4.69, 9.17) is 5.26 Å². The summed E-state index contributed by atoms with van der Waals surface area (Å²) < 4.78 is 4.00. The molecule has 1 rings (SSSR count). The number of hydrogen-bond acceptors (Lipinski definition) is 3. The van der Waals surface area contributed by atoms with Crippen molar-refractivity contribution < 1.29 is 9.59 Å². The Morgan fingerprint density at radius 2 is 1.89 bits per heavy atom. The molecule has 0 aliphatic heterocycles. The number of rotatable bonds is 2. The molecule has 1 aliphatic carbocycles. The van der Waals surface area contributed by atoms with E-state index in [1.807, 2.05) is 0 Å². The maximum absolute atomic E-state index is 8.08. The molecule has 9 heavy (non-hydrogen) atoms. The van der Waals surface area contributed by atoms with E-state index in [0.717, 1.165) is 0 Å². The van der Waals surface area contributed by atoms with Gasteiger partial charge in [0.25, 0.3) is 0 Å². The Morgan fingerprint density at radius 1 is 1.22 bits per heavy atom. The zero-order valence-electron chi connectivity index (χ0n) is 5.38. The fourth-order valence-electron chi connectivity index (χ4n) is 1.22. The Kier molecular flexibility index (Phi) is 3.40. The first-order valence-corrected chi connectivity index (χ1v) is 4.21. The van der Waals surface area contributed by atoms with Gasteiger partial charge in [0.15, 0.2) is 0 Å². The van der Waals surface area contributed by atoms with Crippen LogP contribution in [0.4, 0.5) is 0 Å². The van der Waals surface area contributed by atoms with Gasteiger partial charge in [0, 0.05) is 17.3 Å². The zero-order valence-corrected chi connectivity index (χ0v) is 6.19. The van der Waals surface area contributed by atoms with Crippen molar-refractivity contribution >= 4 is 12.0 Å². The lowest BCUT2D eigenvalue weighted by molar-refractivity contribution is -0.117. The van der Waals surface area contributed by atoms with Crippen molar-refractivity contribution in [2.45, 2.75) is 37.4 Å². The van der Waals surface area contributed by atoms with E-state index in [2.05, 4.69) is 4.33 Å². The Hall–Kier alpha value is 0.270. The van der Waals surface area contributed by atoms with E-state index in [-0.39, 0.29) is 0 Å². The highest BCUT2D eigenvalue weighted by molar-refractivity contribution is 7.95. The maximum atomic E-state index is 8.08. The normalized spacial score (nSPS) is 22.3. The van der Waals surface area contributed by atoms with Gasteiger partial charge in [0.2, 0.25) is 0 Å². The van der Waals surface area contributed by atoms with Gasteiger partial charge < -0.3 is 0 Å². The first kappa shape index (κ1) is 7.38. The Bertz CT molecular complexity index is 68.7. The van der Waals surface area contributed by atoms with Crippen LogP contribution in [0.3, 0.4) is 0 Å². The van der Waals surface area contributed by atoms with Crippen molar-refractivity contribution in [1.29, 1.82) is 0 Å². The molecule has 0 aromatic carbocycles. The summed E-state index contributed by atoms with van der Waals surface area (Å²) in [5, 5.41) is 8.63. The van der Waals surface area contributed by atoms with Gasteiger partial charge in [-0.3, -0.25) is 0 Å². The summed E-state index contributed by atoms with van der Waals surface area (Å²) in [4.78, 5) is 0. The van der Waals surface area contributed by atoms with Crippen LogP contribution in [0.25, 0.3) is 0 Å². The summed E-state index contributed by atoms with van der Waals surface area (Å²) in [5.41, 5.74) is 0. The second kappa shape index (κ2) is 4.14. The van der Waals surface area contributed by atoms with Gasteiger partial charge in [-0.1, -0.05) is 19.3 Å². The molecular formula is C6H12O2S. The second-order valence-corrected chi connectivity index (χ2v) is 3.44. The van der Waals surface area contributed by atoms with Gasteiger partial charge in [-0.05, 0) is 12.8 Å². The summed E-state index contributed by atoms with van der Waals surface area (Å²) in [7, 11) is 0. The van der Waals surface area contributed by atoms with Gasteiger partial charge in [-0.2, -0.15) is 4.33 Å². The highest BCUT2D eigenvalue weighted by Crippen LogP contribution is 2.27. The standard InChI is InChI=1S/C6H12O2S/c7-8-9-6-4-2-1-3-5-6/h6-7H,1-5H2. The van der Waals surface area contributed by atoms with Gasteiger partial charge in [0.05, 0.1) is 0 Å². The largest absolute Gasteiger partial charge is 0.239 e. The summed E-state index contributed by atoms with van der Waals surface area (Å²) >= 11 is 1.21. The zero-order chi connectivity index (χ0) is 6.53. The van der Waals surface area contributed by atoms with E-state index < -0.39 is 0 Å². The fourth-order valence-corrected chi connectivity index (χ4v) is 1.87. The molecule has 0 bridgehead atoms. The predicted molar refractivity (Wildman–Crippen MR) is 38.2 cm³/mol. The predicted octanol–water partition coefficient (Wildman–Crippen LogP) is 2.46. The first-order valence-electron chi connectivity index (χ1n) is 3.40. The minimum Gasteiger partial charge on any atom is -0.239 e. The average Bonchev–Trinajstić information content (AvgIpc) is 1.91. The van der Waals surface area contributed by atoms with Crippen LogP contribution in [0.5, 0.6) is 0 Å². The Balaban J connectivity index is 2.08. The molecule has 0 saturated heterocycles. The molecule has 0 amide bonds. The smallest absolute Gasteiger partial charge is 0.0345 e. The molecule has 3 heteroatoms. The van der Waals surface area contributed by atoms with Gasteiger partial charge in [-0.25, -0.2) is 5.26 Å². The van der Waals surface area contributed by atoms with Crippen LogP contribution in [-0.2, 0) is 4.33 Å². The lowest BCUT2D eigenvalue weighted by Crippen LogP contribution is -2.07. The van der Waals surface area contributed by atoms with Crippen molar-refractivity contribution in [3.63, 3.8) is 0 Å². The van der Waals surface area contributed by atoms with Crippen molar-refractivity contribution in [2.24, 2.45) is 0 Å². The van der Waals surface area contributed by atoms with Crippen molar-refractivity contribution in [2.75, 3.05) is 0 Å². The second-order valence-electron chi connectivity index (χ2n) is 2.43. The molecule has 0 spiro atoms. The summed E-state index contributed by atoms with van der Waals surface area (Å²) in [6.07, 6.45) is 6.33.